The van der Waals surface area contributed by atoms with Crippen LogP contribution in [-0.4, -0.2) is 16.4 Å². The van der Waals surface area contributed by atoms with Crippen molar-refractivity contribution in [3.8, 4) is 27.9 Å². The number of para-hydroxylation sites is 1. The molecule has 1 aromatic heterocycles. The van der Waals surface area contributed by atoms with Crippen molar-refractivity contribution < 1.29 is 9.59 Å². The van der Waals surface area contributed by atoms with Crippen LogP contribution in [-0.2, 0) is 0 Å². The Kier molecular flexibility index (Phi) is 6.40. The van der Waals surface area contributed by atoms with Crippen molar-refractivity contribution in [3.63, 3.8) is 0 Å². The van der Waals surface area contributed by atoms with Crippen LogP contribution in [0, 0.1) is 13.8 Å². The molecular weight excluding hydrogens is 528 g/mol. The number of aryl methyl sites for hydroxylation is 1. The maximum Gasteiger partial charge on any atom is 0.268 e. The standard InChI is InChI=1S/C39H30N2O2/c1-4-13-30-26(3)40(35-23-22-28(24-33(30)35)29-17-9-8-14-25(29)2)36-21-12-19-32-37(36)39(43)41(38(32)42)34-20-11-10-18-31(34)27-15-6-5-7-16-27/h4-24H,1-3H3/b13-4-. The Morgan fingerprint density at radius 1 is 0.605 bits per heavy atom. The highest BCUT2D eigenvalue weighted by molar-refractivity contribution is 6.36. The zero-order chi connectivity index (χ0) is 29.7. The molecule has 0 unspecified atom stereocenters. The molecule has 2 heterocycles. The molecule has 0 saturated heterocycles. The quantitative estimate of drug-likeness (QED) is 0.198. The summed E-state index contributed by atoms with van der Waals surface area (Å²) in [4.78, 5) is 29.6. The molecular formula is C39H30N2O2. The number of allylic oxidation sites excluding steroid dienone is 1. The van der Waals surface area contributed by atoms with Crippen LogP contribution >= 0.6 is 0 Å². The summed E-state index contributed by atoms with van der Waals surface area (Å²) in [6, 6.07) is 37.9. The van der Waals surface area contributed by atoms with Crippen LogP contribution in [0.1, 0.15) is 44.5 Å². The van der Waals surface area contributed by atoms with Crippen LogP contribution in [0.5, 0.6) is 0 Å². The average Bonchev–Trinajstić information content (AvgIpc) is 3.46. The molecule has 208 valence electrons. The number of amides is 2. The molecule has 0 atom stereocenters. The summed E-state index contributed by atoms with van der Waals surface area (Å²) in [6.45, 7) is 6.21. The second kappa shape index (κ2) is 10.4. The molecule has 0 radical (unpaired) electrons. The lowest BCUT2D eigenvalue weighted by molar-refractivity contribution is 0.0926. The second-order valence-electron chi connectivity index (χ2n) is 10.9. The fourth-order valence-electron chi connectivity index (χ4n) is 6.40. The van der Waals surface area contributed by atoms with Gasteiger partial charge in [0.1, 0.15) is 0 Å². The van der Waals surface area contributed by atoms with Gasteiger partial charge in [0, 0.05) is 22.2 Å². The number of rotatable bonds is 5. The van der Waals surface area contributed by atoms with Crippen molar-refractivity contribution in [1.82, 2.24) is 4.57 Å². The van der Waals surface area contributed by atoms with Crippen molar-refractivity contribution in [1.29, 1.82) is 0 Å². The van der Waals surface area contributed by atoms with Gasteiger partial charge in [0.05, 0.1) is 28.0 Å². The monoisotopic (exact) mass is 558 g/mol. The molecule has 5 aromatic carbocycles. The first-order valence-electron chi connectivity index (χ1n) is 14.5. The van der Waals surface area contributed by atoms with Gasteiger partial charge in [-0.15, -0.1) is 0 Å². The van der Waals surface area contributed by atoms with Gasteiger partial charge in [0.25, 0.3) is 11.8 Å². The van der Waals surface area contributed by atoms with Crippen LogP contribution in [0.3, 0.4) is 0 Å². The lowest BCUT2D eigenvalue weighted by Crippen LogP contribution is -2.30. The zero-order valence-corrected chi connectivity index (χ0v) is 24.3. The van der Waals surface area contributed by atoms with E-state index in [2.05, 4.69) is 67.0 Å². The van der Waals surface area contributed by atoms with E-state index in [4.69, 9.17) is 0 Å². The van der Waals surface area contributed by atoms with E-state index in [-0.39, 0.29) is 11.8 Å². The largest absolute Gasteiger partial charge is 0.312 e. The van der Waals surface area contributed by atoms with Gasteiger partial charge in [-0.3, -0.25) is 9.59 Å². The molecule has 7 rings (SSSR count). The average molecular weight is 559 g/mol. The molecule has 0 fully saturated rings. The van der Waals surface area contributed by atoms with Crippen molar-refractivity contribution in [2.75, 3.05) is 4.90 Å². The number of carbonyl (C=O) groups excluding carboxylic acids is 2. The number of aromatic nitrogens is 1. The second-order valence-corrected chi connectivity index (χ2v) is 10.9. The van der Waals surface area contributed by atoms with E-state index in [0.717, 1.165) is 38.9 Å². The lowest BCUT2D eigenvalue weighted by atomic mass is 9.98. The predicted octanol–water partition coefficient (Wildman–Crippen LogP) is 9.42. The highest BCUT2D eigenvalue weighted by atomic mass is 16.2. The van der Waals surface area contributed by atoms with Gasteiger partial charge in [-0.05, 0) is 73.4 Å². The smallest absolute Gasteiger partial charge is 0.268 e. The lowest BCUT2D eigenvalue weighted by Gasteiger charge is -2.19. The van der Waals surface area contributed by atoms with Crippen LogP contribution in [0.4, 0.5) is 5.69 Å². The van der Waals surface area contributed by atoms with E-state index in [1.807, 2.05) is 79.7 Å². The van der Waals surface area contributed by atoms with Crippen LogP contribution < -0.4 is 4.90 Å². The summed E-state index contributed by atoms with van der Waals surface area (Å²) in [7, 11) is 0. The van der Waals surface area contributed by atoms with Gasteiger partial charge in [-0.1, -0.05) is 97.1 Å². The van der Waals surface area contributed by atoms with Gasteiger partial charge in [0.2, 0.25) is 0 Å². The molecule has 4 nitrogen and oxygen atoms in total. The minimum atomic E-state index is -0.315. The fraction of sp³-hybridized carbons (Fsp3) is 0.0769. The first-order valence-corrected chi connectivity index (χ1v) is 14.5. The molecule has 0 aliphatic carbocycles. The normalized spacial score (nSPS) is 13.0. The molecule has 1 aliphatic heterocycles. The summed E-state index contributed by atoms with van der Waals surface area (Å²) in [5, 5.41) is 1.09. The number of nitrogens with zero attached hydrogens (tertiary/aromatic N) is 2. The van der Waals surface area contributed by atoms with Crippen molar-refractivity contribution in [2.45, 2.75) is 20.8 Å². The number of benzene rings is 5. The maximum atomic E-state index is 14.3. The Hall–Kier alpha value is -5.48. The Labute approximate surface area is 251 Å². The molecule has 43 heavy (non-hydrogen) atoms. The molecule has 0 spiro atoms. The summed E-state index contributed by atoms with van der Waals surface area (Å²) in [6.07, 6.45) is 4.16. The van der Waals surface area contributed by atoms with Crippen molar-refractivity contribution in [2.24, 2.45) is 0 Å². The van der Waals surface area contributed by atoms with E-state index in [1.165, 1.54) is 16.0 Å². The van der Waals surface area contributed by atoms with E-state index in [1.54, 1.807) is 6.07 Å². The third-order valence-corrected chi connectivity index (χ3v) is 8.41. The molecule has 0 bridgehead atoms. The number of fused-ring (bicyclic) bond motifs is 2. The SMILES string of the molecule is C/C=C\c1c(C)n(-c2cccc3c2C(=O)N(c2ccccc2-c2ccccc2)C3=O)c2ccc(-c3ccccc3C)cc12. The van der Waals surface area contributed by atoms with E-state index < -0.39 is 0 Å². The van der Waals surface area contributed by atoms with Crippen LogP contribution in [0.25, 0.3) is 44.9 Å². The molecule has 2 amide bonds. The Morgan fingerprint density at radius 3 is 2.05 bits per heavy atom. The van der Waals surface area contributed by atoms with E-state index in [9.17, 15) is 9.59 Å². The Bertz CT molecular complexity index is 2100. The third kappa shape index (κ3) is 4.14. The van der Waals surface area contributed by atoms with Gasteiger partial charge >= 0.3 is 0 Å². The predicted molar refractivity (Wildman–Crippen MR) is 176 cm³/mol. The fourth-order valence-corrected chi connectivity index (χ4v) is 6.40. The number of imide groups is 1. The highest BCUT2D eigenvalue weighted by Gasteiger charge is 2.40. The highest BCUT2D eigenvalue weighted by Crippen LogP contribution is 2.40. The van der Waals surface area contributed by atoms with E-state index in [0.29, 0.717) is 22.5 Å². The van der Waals surface area contributed by atoms with Gasteiger partial charge in [-0.25, -0.2) is 4.90 Å². The Morgan fingerprint density at radius 2 is 1.28 bits per heavy atom. The van der Waals surface area contributed by atoms with Gasteiger partial charge in [0.15, 0.2) is 0 Å². The first-order chi connectivity index (χ1) is 21.0. The van der Waals surface area contributed by atoms with E-state index >= 15 is 0 Å². The third-order valence-electron chi connectivity index (χ3n) is 8.41. The molecule has 0 saturated carbocycles. The number of hydrogen-bond donors (Lipinski definition) is 0. The van der Waals surface area contributed by atoms with Gasteiger partial charge < -0.3 is 4.57 Å². The summed E-state index contributed by atoms with van der Waals surface area (Å²) in [5.74, 6) is -0.626. The van der Waals surface area contributed by atoms with Crippen LogP contribution in [0.15, 0.2) is 121 Å². The number of carbonyl (C=O) groups is 2. The van der Waals surface area contributed by atoms with Crippen LogP contribution in [0.2, 0.25) is 0 Å². The molecule has 6 aromatic rings. The van der Waals surface area contributed by atoms with Gasteiger partial charge in [-0.2, -0.15) is 0 Å². The Balaban J connectivity index is 1.42. The first kappa shape index (κ1) is 26.4. The topological polar surface area (TPSA) is 42.3 Å². The summed E-state index contributed by atoms with van der Waals surface area (Å²) >= 11 is 0. The maximum absolute atomic E-state index is 14.3. The summed E-state index contributed by atoms with van der Waals surface area (Å²) < 4.78 is 2.13. The zero-order valence-electron chi connectivity index (χ0n) is 24.3. The molecule has 1 aliphatic rings. The molecule has 0 N–H and O–H groups in total. The number of anilines is 1. The summed E-state index contributed by atoms with van der Waals surface area (Å²) in [5.41, 5.74) is 10.5. The minimum absolute atomic E-state index is 0.310. The minimum Gasteiger partial charge on any atom is -0.312 e. The van der Waals surface area contributed by atoms with Crippen molar-refractivity contribution >= 4 is 34.5 Å². The number of hydrogen-bond acceptors (Lipinski definition) is 2. The van der Waals surface area contributed by atoms with Crippen molar-refractivity contribution in [3.05, 3.63) is 149 Å². The molecule has 4 heteroatoms.